The Bertz CT molecular complexity index is 989. The molecule has 1 aliphatic heterocycles. The highest BCUT2D eigenvalue weighted by molar-refractivity contribution is 5.85. The van der Waals surface area contributed by atoms with E-state index in [2.05, 4.69) is 19.9 Å². The van der Waals surface area contributed by atoms with Gasteiger partial charge in [-0.1, -0.05) is 0 Å². The van der Waals surface area contributed by atoms with Gasteiger partial charge in [0.05, 0.1) is 31.1 Å². The number of carbonyl (C=O) groups is 1. The van der Waals surface area contributed by atoms with E-state index in [0.717, 1.165) is 55.0 Å². The highest BCUT2D eigenvalue weighted by Gasteiger charge is 2.13. The molecule has 0 unspecified atom stereocenters. The van der Waals surface area contributed by atoms with E-state index >= 15 is 0 Å². The topological polar surface area (TPSA) is 68.2 Å². The largest absolute Gasteiger partial charge is 0.379 e. The first-order chi connectivity index (χ1) is 13.7. The van der Waals surface area contributed by atoms with Crippen LogP contribution < -0.4 is 0 Å². The molecule has 6 nitrogen and oxygen atoms in total. The SMILES string of the molecule is O=C(CCN1CCOCC1)Cc1cc2cc(-c3cncc(F)c3)cnc2cn1. The lowest BCUT2D eigenvalue weighted by molar-refractivity contribution is -0.119. The average Bonchev–Trinajstić information content (AvgIpc) is 2.72. The van der Waals surface area contributed by atoms with Gasteiger partial charge in [-0.15, -0.1) is 0 Å². The molecule has 0 amide bonds. The molecule has 0 atom stereocenters. The van der Waals surface area contributed by atoms with Crippen molar-refractivity contribution < 1.29 is 13.9 Å². The zero-order chi connectivity index (χ0) is 19.3. The van der Waals surface area contributed by atoms with E-state index in [1.165, 1.54) is 12.3 Å². The summed E-state index contributed by atoms with van der Waals surface area (Å²) < 4.78 is 18.8. The lowest BCUT2D eigenvalue weighted by Gasteiger charge is -2.26. The number of morpholine rings is 1. The van der Waals surface area contributed by atoms with Crippen LogP contribution in [0.2, 0.25) is 0 Å². The van der Waals surface area contributed by atoms with Gasteiger partial charge in [-0.05, 0) is 18.2 Å². The second-order valence-corrected chi connectivity index (χ2v) is 6.90. The highest BCUT2D eigenvalue weighted by Crippen LogP contribution is 2.23. The molecule has 28 heavy (non-hydrogen) atoms. The third-order valence-corrected chi connectivity index (χ3v) is 4.85. The van der Waals surface area contributed by atoms with Crippen LogP contribution in [-0.4, -0.2) is 58.5 Å². The van der Waals surface area contributed by atoms with Crippen molar-refractivity contribution in [2.45, 2.75) is 12.8 Å². The number of hydrogen-bond donors (Lipinski definition) is 0. The Hall–Kier alpha value is -2.77. The van der Waals surface area contributed by atoms with Crippen LogP contribution in [0.15, 0.2) is 43.0 Å². The van der Waals surface area contributed by atoms with Crippen LogP contribution in [0.1, 0.15) is 12.1 Å². The van der Waals surface area contributed by atoms with E-state index in [4.69, 9.17) is 4.74 Å². The molecule has 1 aliphatic rings. The molecule has 1 saturated heterocycles. The molecule has 0 aliphatic carbocycles. The average molecular weight is 380 g/mol. The van der Waals surface area contributed by atoms with Crippen molar-refractivity contribution in [2.75, 3.05) is 32.8 Å². The van der Waals surface area contributed by atoms with Crippen LogP contribution in [0.3, 0.4) is 0 Å². The Kier molecular flexibility index (Phi) is 5.64. The van der Waals surface area contributed by atoms with Gasteiger partial charge < -0.3 is 4.74 Å². The van der Waals surface area contributed by atoms with Crippen molar-refractivity contribution >= 4 is 16.7 Å². The van der Waals surface area contributed by atoms with Crippen LogP contribution in [0.4, 0.5) is 4.39 Å². The van der Waals surface area contributed by atoms with Crippen molar-refractivity contribution in [2.24, 2.45) is 0 Å². The molecule has 0 aromatic carbocycles. The van der Waals surface area contributed by atoms with E-state index in [1.807, 2.05) is 12.1 Å². The van der Waals surface area contributed by atoms with Crippen molar-refractivity contribution in [3.05, 3.63) is 54.5 Å². The number of hydrogen-bond acceptors (Lipinski definition) is 6. The fourth-order valence-corrected chi connectivity index (χ4v) is 3.30. The van der Waals surface area contributed by atoms with Crippen LogP contribution in [-0.2, 0) is 16.0 Å². The van der Waals surface area contributed by atoms with Crippen LogP contribution in [0, 0.1) is 5.82 Å². The number of nitrogens with zero attached hydrogens (tertiary/aromatic N) is 4. The third-order valence-electron chi connectivity index (χ3n) is 4.85. The number of rotatable bonds is 6. The molecule has 1 fully saturated rings. The second kappa shape index (κ2) is 8.50. The predicted octanol–water partition coefficient (Wildman–Crippen LogP) is 2.66. The lowest BCUT2D eigenvalue weighted by Crippen LogP contribution is -2.37. The maximum absolute atomic E-state index is 13.4. The second-order valence-electron chi connectivity index (χ2n) is 6.90. The zero-order valence-electron chi connectivity index (χ0n) is 15.5. The van der Waals surface area contributed by atoms with Gasteiger partial charge in [0.1, 0.15) is 11.6 Å². The van der Waals surface area contributed by atoms with Crippen molar-refractivity contribution in [3.63, 3.8) is 0 Å². The molecular weight excluding hydrogens is 359 g/mol. The maximum atomic E-state index is 13.4. The minimum Gasteiger partial charge on any atom is -0.379 e. The summed E-state index contributed by atoms with van der Waals surface area (Å²) in [6, 6.07) is 5.22. The highest BCUT2D eigenvalue weighted by atomic mass is 19.1. The fourth-order valence-electron chi connectivity index (χ4n) is 3.30. The molecular formula is C21H21FN4O2. The number of ketones is 1. The van der Waals surface area contributed by atoms with Crippen molar-refractivity contribution in [1.29, 1.82) is 0 Å². The summed E-state index contributed by atoms with van der Waals surface area (Å²) >= 11 is 0. The number of fused-ring (bicyclic) bond motifs is 1. The first kappa shape index (κ1) is 18.6. The zero-order valence-corrected chi connectivity index (χ0v) is 15.5. The van der Waals surface area contributed by atoms with Crippen molar-refractivity contribution in [3.8, 4) is 11.1 Å². The molecule has 4 heterocycles. The monoisotopic (exact) mass is 380 g/mol. The molecule has 7 heteroatoms. The standard InChI is InChI=1S/C21H21FN4O2/c22-18-8-17(11-23-13-18)16-7-15-9-19(24-14-21(15)25-12-16)10-20(27)1-2-26-3-5-28-6-4-26/h7-9,11-14H,1-6,10H2. The summed E-state index contributed by atoms with van der Waals surface area (Å²) in [6.07, 6.45) is 6.92. The number of pyridine rings is 3. The molecule has 3 aromatic rings. The Morgan fingerprint density at radius 1 is 1.04 bits per heavy atom. The van der Waals surface area contributed by atoms with Gasteiger partial charge in [-0.25, -0.2) is 4.39 Å². The lowest BCUT2D eigenvalue weighted by atomic mass is 10.1. The Morgan fingerprint density at radius 2 is 1.86 bits per heavy atom. The predicted molar refractivity (Wildman–Crippen MR) is 103 cm³/mol. The summed E-state index contributed by atoms with van der Waals surface area (Å²) in [5.74, 6) is -0.226. The van der Waals surface area contributed by atoms with Gasteiger partial charge in [0.2, 0.25) is 0 Å². The molecule has 0 N–H and O–H groups in total. The van der Waals surface area contributed by atoms with Gasteiger partial charge in [0.25, 0.3) is 0 Å². The minimum atomic E-state index is -0.390. The summed E-state index contributed by atoms with van der Waals surface area (Å²) in [4.78, 5) is 27.2. The van der Waals surface area contributed by atoms with Crippen LogP contribution >= 0.6 is 0 Å². The van der Waals surface area contributed by atoms with Gasteiger partial charge in [0.15, 0.2) is 0 Å². The molecule has 144 valence electrons. The summed E-state index contributed by atoms with van der Waals surface area (Å²) in [5, 5.41) is 0.868. The minimum absolute atomic E-state index is 0.164. The Balaban J connectivity index is 1.46. The van der Waals surface area contributed by atoms with E-state index in [1.54, 1.807) is 18.6 Å². The first-order valence-corrected chi connectivity index (χ1v) is 9.35. The van der Waals surface area contributed by atoms with E-state index in [0.29, 0.717) is 18.4 Å². The van der Waals surface area contributed by atoms with Crippen molar-refractivity contribution in [1.82, 2.24) is 19.9 Å². The van der Waals surface area contributed by atoms with Crippen LogP contribution in [0.25, 0.3) is 22.0 Å². The van der Waals surface area contributed by atoms with E-state index in [9.17, 15) is 9.18 Å². The Labute approximate surface area is 162 Å². The van der Waals surface area contributed by atoms with Gasteiger partial charge in [-0.3, -0.25) is 24.6 Å². The summed E-state index contributed by atoms with van der Waals surface area (Å²) in [5.41, 5.74) is 2.89. The molecule has 0 saturated carbocycles. The quantitative estimate of drug-likeness (QED) is 0.655. The molecule has 3 aromatic heterocycles. The number of aromatic nitrogens is 3. The maximum Gasteiger partial charge on any atom is 0.142 e. The molecule has 0 radical (unpaired) electrons. The summed E-state index contributed by atoms with van der Waals surface area (Å²) in [7, 11) is 0. The normalized spacial score (nSPS) is 15.0. The smallest absolute Gasteiger partial charge is 0.142 e. The number of Topliss-reactive ketones (excluding diaryl/α,β-unsaturated/α-hetero) is 1. The number of carbonyl (C=O) groups excluding carboxylic acids is 1. The van der Waals surface area contributed by atoms with E-state index < -0.39 is 0 Å². The summed E-state index contributed by atoms with van der Waals surface area (Å²) in [6.45, 7) is 3.98. The van der Waals surface area contributed by atoms with Gasteiger partial charge in [-0.2, -0.15) is 0 Å². The molecule has 4 rings (SSSR count). The molecule has 0 bridgehead atoms. The Morgan fingerprint density at radius 3 is 2.68 bits per heavy atom. The number of halogens is 1. The first-order valence-electron chi connectivity index (χ1n) is 9.35. The van der Waals surface area contributed by atoms with Crippen LogP contribution in [0.5, 0.6) is 0 Å². The molecule has 0 spiro atoms. The fraction of sp³-hybridized carbons (Fsp3) is 0.333. The van der Waals surface area contributed by atoms with Gasteiger partial charge in [0, 0.05) is 67.1 Å². The van der Waals surface area contributed by atoms with Gasteiger partial charge >= 0.3 is 0 Å². The van der Waals surface area contributed by atoms with E-state index in [-0.39, 0.29) is 11.6 Å². The third kappa shape index (κ3) is 4.55. The number of ether oxygens (including phenoxy) is 1.